The van der Waals surface area contributed by atoms with Gasteiger partial charge in [-0.1, -0.05) is 38.0 Å². The molecule has 0 atom stereocenters. The Balaban J connectivity index is 2.85. The van der Waals surface area contributed by atoms with E-state index in [1.165, 1.54) is 12.8 Å². The predicted molar refractivity (Wildman–Crippen MR) is 78.5 cm³/mol. The number of hydrogen-bond donors (Lipinski definition) is 0. The lowest BCUT2D eigenvalue weighted by Crippen LogP contribution is -2.41. The van der Waals surface area contributed by atoms with Crippen LogP contribution in [0, 0.1) is 0 Å². The molecule has 0 amide bonds. The first-order valence-electron chi connectivity index (χ1n) is 6.93. The first-order chi connectivity index (χ1) is 8.21. The molecule has 0 radical (unpaired) electrons. The van der Waals surface area contributed by atoms with E-state index in [0.29, 0.717) is 0 Å². The highest BCUT2D eigenvalue weighted by molar-refractivity contribution is 6.56. The molecule has 0 aromatic heterocycles. The maximum absolute atomic E-state index is 6.07. The number of rotatable bonds is 5. The van der Waals surface area contributed by atoms with Gasteiger partial charge >= 0.3 is 7.12 Å². The van der Waals surface area contributed by atoms with E-state index >= 15 is 0 Å². The monoisotopic (exact) mass is 250 g/mol. The summed E-state index contributed by atoms with van der Waals surface area (Å²) in [5.74, 6) is 0. The van der Waals surface area contributed by atoms with Crippen molar-refractivity contribution in [2.24, 2.45) is 0 Å². The molecule has 1 saturated heterocycles. The summed E-state index contributed by atoms with van der Waals surface area (Å²) < 4.78 is 12.1. The zero-order valence-electron chi connectivity index (χ0n) is 12.8. The van der Waals surface area contributed by atoms with Gasteiger partial charge in [0, 0.05) is 0 Å². The molecular formula is C15H27BO2. The molecule has 0 saturated carbocycles. The van der Waals surface area contributed by atoms with E-state index in [-0.39, 0.29) is 18.3 Å². The highest BCUT2D eigenvalue weighted by Gasteiger charge is 2.52. The quantitative estimate of drug-likeness (QED) is 0.411. The standard InChI is InChI=1S/C15H27BO2/c1-8-9-10-11-13(12(2)3)16-17-14(4,5)15(6,7)18-16/h11H,2,8-10H2,1,3-7H3/b13-11-. The minimum atomic E-state index is -0.281. The minimum absolute atomic E-state index is 0.274. The van der Waals surface area contributed by atoms with Crippen molar-refractivity contribution in [2.45, 2.75) is 72.0 Å². The van der Waals surface area contributed by atoms with Crippen LogP contribution in [0.1, 0.15) is 60.8 Å². The topological polar surface area (TPSA) is 18.5 Å². The second-order valence-corrected chi connectivity index (χ2v) is 6.17. The van der Waals surface area contributed by atoms with Gasteiger partial charge in [0.2, 0.25) is 0 Å². The van der Waals surface area contributed by atoms with Crippen molar-refractivity contribution < 1.29 is 9.31 Å². The molecule has 1 heterocycles. The Kier molecular flexibility index (Phi) is 4.85. The van der Waals surface area contributed by atoms with Crippen LogP contribution in [0.4, 0.5) is 0 Å². The van der Waals surface area contributed by atoms with Gasteiger partial charge in [0.25, 0.3) is 0 Å². The molecule has 102 valence electrons. The summed E-state index contributed by atoms with van der Waals surface area (Å²) >= 11 is 0. The second kappa shape index (κ2) is 5.62. The Morgan fingerprint density at radius 1 is 1.17 bits per heavy atom. The molecule has 1 aliphatic heterocycles. The number of allylic oxidation sites excluding steroid dienone is 3. The van der Waals surface area contributed by atoms with Crippen LogP contribution in [0.3, 0.4) is 0 Å². The third-order valence-corrected chi connectivity index (χ3v) is 3.92. The van der Waals surface area contributed by atoms with Crippen LogP contribution in [0.15, 0.2) is 23.7 Å². The number of hydrogen-bond acceptors (Lipinski definition) is 2. The summed E-state index contributed by atoms with van der Waals surface area (Å²) in [7, 11) is -0.274. The smallest absolute Gasteiger partial charge is 0.399 e. The zero-order valence-corrected chi connectivity index (χ0v) is 12.8. The van der Waals surface area contributed by atoms with Crippen LogP contribution in [0.5, 0.6) is 0 Å². The van der Waals surface area contributed by atoms with Crippen molar-refractivity contribution in [3.63, 3.8) is 0 Å². The molecule has 0 aromatic carbocycles. The van der Waals surface area contributed by atoms with Gasteiger partial charge in [0.1, 0.15) is 0 Å². The van der Waals surface area contributed by atoms with Crippen LogP contribution < -0.4 is 0 Å². The van der Waals surface area contributed by atoms with E-state index in [1.807, 2.05) is 6.92 Å². The first-order valence-corrected chi connectivity index (χ1v) is 6.93. The van der Waals surface area contributed by atoms with E-state index in [4.69, 9.17) is 9.31 Å². The van der Waals surface area contributed by atoms with E-state index in [1.54, 1.807) is 0 Å². The lowest BCUT2D eigenvalue weighted by atomic mass is 9.74. The highest BCUT2D eigenvalue weighted by Crippen LogP contribution is 2.39. The van der Waals surface area contributed by atoms with Crippen molar-refractivity contribution in [3.05, 3.63) is 23.7 Å². The van der Waals surface area contributed by atoms with Gasteiger partial charge < -0.3 is 9.31 Å². The van der Waals surface area contributed by atoms with Gasteiger partial charge in [0.15, 0.2) is 0 Å². The summed E-state index contributed by atoms with van der Waals surface area (Å²) in [6.07, 6.45) is 5.66. The largest absolute Gasteiger partial charge is 0.494 e. The Morgan fingerprint density at radius 2 is 1.67 bits per heavy atom. The van der Waals surface area contributed by atoms with Gasteiger partial charge in [-0.15, -0.1) is 0 Å². The third-order valence-electron chi connectivity index (χ3n) is 3.92. The molecule has 1 aliphatic rings. The Labute approximate surface area is 113 Å². The van der Waals surface area contributed by atoms with Gasteiger partial charge in [-0.05, 0) is 46.5 Å². The third kappa shape index (κ3) is 3.27. The summed E-state index contributed by atoms with van der Waals surface area (Å²) in [6, 6.07) is 0. The fraction of sp³-hybridized carbons (Fsp3) is 0.733. The van der Waals surface area contributed by atoms with Gasteiger partial charge in [-0.3, -0.25) is 0 Å². The van der Waals surface area contributed by atoms with Crippen molar-refractivity contribution >= 4 is 7.12 Å². The molecule has 0 bridgehead atoms. The predicted octanol–water partition coefficient (Wildman–Crippen LogP) is 4.31. The molecule has 0 aromatic rings. The van der Waals surface area contributed by atoms with Gasteiger partial charge in [-0.2, -0.15) is 0 Å². The Bertz CT molecular complexity index is 326. The molecule has 3 heteroatoms. The van der Waals surface area contributed by atoms with Crippen molar-refractivity contribution in [1.82, 2.24) is 0 Å². The van der Waals surface area contributed by atoms with E-state index < -0.39 is 0 Å². The first kappa shape index (κ1) is 15.5. The van der Waals surface area contributed by atoms with Crippen molar-refractivity contribution in [3.8, 4) is 0 Å². The van der Waals surface area contributed by atoms with Crippen LogP contribution >= 0.6 is 0 Å². The molecule has 0 spiro atoms. The van der Waals surface area contributed by atoms with Crippen LogP contribution in [0.2, 0.25) is 0 Å². The minimum Gasteiger partial charge on any atom is -0.399 e. The zero-order chi connectivity index (χ0) is 14.0. The summed E-state index contributed by atoms with van der Waals surface area (Å²) in [6.45, 7) is 16.6. The lowest BCUT2D eigenvalue weighted by Gasteiger charge is -2.32. The summed E-state index contributed by atoms with van der Waals surface area (Å²) in [4.78, 5) is 0. The van der Waals surface area contributed by atoms with Crippen molar-refractivity contribution in [2.75, 3.05) is 0 Å². The molecular weight excluding hydrogens is 223 g/mol. The summed E-state index contributed by atoms with van der Waals surface area (Å²) in [5, 5.41) is 0. The SMILES string of the molecule is C=C(C)/C(=C/CCCC)B1OC(C)(C)C(C)(C)O1. The fourth-order valence-electron chi connectivity index (χ4n) is 1.90. The molecule has 0 aliphatic carbocycles. The molecule has 2 nitrogen and oxygen atoms in total. The molecule has 1 rings (SSSR count). The Hall–Kier alpha value is -0.535. The summed E-state index contributed by atoms with van der Waals surface area (Å²) in [5.41, 5.74) is 1.57. The number of unbranched alkanes of at least 4 members (excludes halogenated alkanes) is 2. The molecule has 0 N–H and O–H groups in total. The maximum Gasteiger partial charge on any atom is 0.494 e. The maximum atomic E-state index is 6.07. The average molecular weight is 250 g/mol. The molecule has 0 unspecified atom stereocenters. The van der Waals surface area contributed by atoms with E-state index in [0.717, 1.165) is 17.5 Å². The van der Waals surface area contributed by atoms with Gasteiger partial charge in [0.05, 0.1) is 11.2 Å². The van der Waals surface area contributed by atoms with Crippen molar-refractivity contribution in [1.29, 1.82) is 0 Å². The van der Waals surface area contributed by atoms with Gasteiger partial charge in [-0.25, -0.2) is 0 Å². The lowest BCUT2D eigenvalue weighted by molar-refractivity contribution is 0.00578. The van der Waals surface area contributed by atoms with E-state index in [9.17, 15) is 0 Å². The van der Waals surface area contributed by atoms with E-state index in [2.05, 4.69) is 47.3 Å². The normalized spacial score (nSPS) is 22.3. The van der Waals surface area contributed by atoms with Crippen LogP contribution in [0.25, 0.3) is 0 Å². The average Bonchev–Trinajstić information content (AvgIpc) is 2.42. The van der Waals surface area contributed by atoms with Crippen LogP contribution in [-0.4, -0.2) is 18.3 Å². The highest BCUT2D eigenvalue weighted by atomic mass is 16.7. The van der Waals surface area contributed by atoms with Crippen LogP contribution in [-0.2, 0) is 9.31 Å². The molecule has 18 heavy (non-hydrogen) atoms. The molecule has 1 fully saturated rings. The Morgan fingerprint density at radius 3 is 2.06 bits per heavy atom. The fourth-order valence-corrected chi connectivity index (χ4v) is 1.90. The second-order valence-electron chi connectivity index (χ2n) is 6.17.